The van der Waals surface area contributed by atoms with Gasteiger partial charge in [-0.25, -0.2) is 4.98 Å². The Bertz CT molecular complexity index is 504. The van der Waals surface area contributed by atoms with Crippen molar-refractivity contribution in [1.82, 2.24) is 10.3 Å². The monoisotopic (exact) mass is 246 g/mol. The summed E-state index contributed by atoms with van der Waals surface area (Å²) in [5.41, 5.74) is 1.40. The molecule has 0 bridgehead atoms. The first-order valence-corrected chi connectivity index (χ1v) is 5.62. The summed E-state index contributed by atoms with van der Waals surface area (Å²) in [6.07, 6.45) is 2.42. The van der Waals surface area contributed by atoms with E-state index in [0.717, 1.165) is 5.56 Å². The largest absolute Gasteiger partial charge is 0.444 e. The lowest BCUT2D eigenvalue weighted by atomic mass is 10.1. The molecule has 18 heavy (non-hydrogen) atoms. The number of hydrogen-bond donors (Lipinski definition) is 2. The fourth-order valence-electron chi connectivity index (χ4n) is 1.49. The highest BCUT2D eigenvalue weighted by Crippen LogP contribution is 2.18. The summed E-state index contributed by atoms with van der Waals surface area (Å²) in [5.74, 6) is 0.450. The molecule has 0 aliphatic rings. The highest BCUT2D eigenvalue weighted by Gasteiger charge is 2.07. The van der Waals surface area contributed by atoms with Gasteiger partial charge in [0.05, 0.1) is 12.3 Å². The van der Waals surface area contributed by atoms with Crippen molar-refractivity contribution in [3.05, 3.63) is 42.4 Å². The summed E-state index contributed by atoms with van der Waals surface area (Å²) in [6.45, 7) is 1.86. The molecule has 94 valence electrons. The van der Waals surface area contributed by atoms with Gasteiger partial charge in [-0.1, -0.05) is 12.1 Å². The lowest BCUT2D eigenvalue weighted by Gasteiger charge is -2.07. The van der Waals surface area contributed by atoms with E-state index in [1.54, 1.807) is 37.4 Å². The van der Waals surface area contributed by atoms with Crippen molar-refractivity contribution in [2.45, 2.75) is 13.0 Å². The molecular formula is C13H14N2O3. The smallest absolute Gasteiger partial charge is 0.251 e. The SMILES string of the molecule is C[C@H](O)CNC(=O)c1ccc(-c2cnco2)cc1. The molecular weight excluding hydrogens is 232 g/mol. The summed E-state index contributed by atoms with van der Waals surface area (Å²) in [5, 5.41) is 11.7. The number of oxazole rings is 1. The highest BCUT2D eigenvalue weighted by atomic mass is 16.3. The van der Waals surface area contributed by atoms with Crippen molar-refractivity contribution in [2.75, 3.05) is 6.54 Å². The van der Waals surface area contributed by atoms with Gasteiger partial charge in [-0.05, 0) is 19.1 Å². The van der Waals surface area contributed by atoms with E-state index in [1.165, 1.54) is 6.39 Å². The van der Waals surface area contributed by atoms with Crippen LogP contribution < -0.4 is 5.32 Å². The second-order valence-corrected chi connectivity index (χ2v) is 4.00. The molecule has 0 aliphatic heterocycles. The minimum Gasteiger partial charge on any atom is -0.444 e. The number of aliphatic hydroxyl groups excluding tert-OH is 1. The molecule has 2 rings (SSSR count). The van der Waals surface area contributed by atoms with Crippen LogP contribution in [0.15, 0.2) is 41.3 Å². The van der Waals surface area contributed by atoms with Crippen LogP contribution in [0.4, 0.5) is 0 Å². The molecule has 0 saturated heterocycles. The number of benzene rings is 1. The molecule has 1 atom stereocenters. The molecule has 5 heteroatoms. The number of rotatable bonds is 4. The van der Waals surface area contributed by atoms with Gasteiger partial charge in [0.2, 0.25) is 0 Å². The van der Waals surface area contributed by atoms with Gasteiger partial charge in [-0.15, -0.1) is 0 Å². The van der Waals surface area contributed by atoms with E-state index in [0.29, 0.717) is 11.3 Å². The number of hydrogen-bond acceptors (Lipinski definition) is 4. The fraction of sp³-hybridized carbons (Fsp3) is 0.231. The normalized spacial score (nSPS) is 12.1. The zero-order valence-electron chi connectivity index (χ0n) is 9.96. The maximum atomic E-state index is 11.7. The third-order valence-electron chi connectivity index (χ3n) is 2.42. The van der Waals surface area contributed by atoms with Crippen LogP contribution in [-0.2, 0) is 0 Å². The van der Waals surface area contributed by atoms with E-state index < -0.39 is 6.10 Å². The van der Waals surface area contributed by atoms with Gasteiger partial charge in [0.15, 0.2) is 12.2 Å². The van der Waals surface area contributed by atoms with Crippen LogP contribution in [0.2, 0.25) is 0 Å². The summed E-state index contributed by atoms with van der Waals surface area (Å²) in [4.78, 5) is 15.5. The predicted molar refractivity (Wildman–Crippen MR) is 66.0 cm³/mol. The molecule has 1 heterocycles. The summed E-state index contributed by atoms with van der Waals surface area (Å²) >= 11 is 0. The van der Waals surface area contributed by atoms with Gasteiger partial charge in [0.1, 0.15) is 0 Å². The Balaban J connectivity index is 2.06. The van der Waals surface area contributed by atoms with Gasteiger partial charge in [0, 0.05) is 17.7 Å². The maximum absolute atomic E-state index is 11.7. The Morgan fingerprint density at radius 1 is 1.44 bits per heavy atom. The number of carbonyl (C=O) groups is 1. The van der Waals surface area contributed by atoms with Crippen molar-refractivity contribution >= 4 is 5.91 Å². The van der Waals surface area contributed by atoms with E-state index >= 15 is 0 Å². The molecule has 1 amide bonds. The number of amides is 1. The second-order valence-electron chi connectivity index (χ2n) is 4.00. The Kier molecular flexibility index (Phi) is 3.74. The van der Waals surface area contributed by atoms with Crippen LogP contribution in [0.5, 0.6) is 0 Å². The summed E-state index contributed by atoms with van der Waals surface area (Å²) < 4.78 is 5.15. The van der Waals surface area contributed by atoms with E-state index in [4.69, 9.17) is 9.52 Å². The summed E-state index contributed by atoms with van der Waals surface area (Å²) in [7, 11) is 0. The molecule has 2 aromatic rings. The van der Waals surface area contributed by atoms with Crippen LogP contribution in [0.1, 0.15) is 17.3 Å². The molecule has 0 spiro atoms. The predicted octanol–water partition coefficient (Wildman–Crippen LogP) is 1.45. The van der Waals surface area contributed by atoms with E-state index in [2.05, 4.69) is 10.3 Å². The van der Waals surface area contributed by atoms with Crippen LogP contribution in [0.3, 0.4) is 0 Å². The lowest BCUT2D eigenvalue weighted by Crippen LogP contribution is -2.30. The van der Waals surface area contributed by atoms with Crippen LogP contribution in [0.25, 0.3) is 11.3 Å². The first-order chi connectivity index (χ1) is 8.66. The Hall–Kier alpha value is -2.14. The van der Waals surface area contributed by atoms with Crippen molar-refractivity contribution < 1.29 is 14.3 Å². The lowest BCUT2D eigenvalue weighted by molar-refractivity contribution is 0.0924. The van der Waals surface area contributed by atoms with E-state index in [1.807, 2.05) is 0 Å². The highest BCUT2D eigenvalue weighted by molar-refractivity contribution is 5.94. The minimum absolute atomic E-state index is 0.208. The molecule has 0 saturated carbocycles. The van der Waals surface area contributed by atoms with Crippen molar-refractivity contribution in [1.29, 1.82) is 0 Å². The molecule has 1 aromatic carbocycles. The Labute approximate surface area is 104 Å². The van der Waals surface area contributed by atoms with Crippen LogP contribution >= 0.6 is 0 Å². The quantitative estimate of drug-likeness (QED) is 0.856. The van der Waals surface area contributed by atoms with E-state index in [9.17, 15) is 4.79 Å². The number of carbonyl (C=O) groups excluding carboxylic acids is 1. The number of aromatic nitrogens is 1. The van der Waals surface area contributed by atoms with Gasteiger partial charge < -0.3 is 14.8 Å². The first kappa shape index (κ1) is 12.3. The third kappa shape index (κ3) is 2.95. The average molecular weight is 246 g/mol. The topological polar surface area (TPSA) is 75.4 Å². The molecule has 0 fully saturated rings. The molecule has 0 aliphatic carbocycles. The van der Waals surface area contributed by atoms with Crippen LogP contribution in [0, 0.1) is 0 Å². The minimum atomic E-state index is -0.553. The van der Waals surface area contributed by atoms with Crippen molar-refractivity contribution in [2.24, 2.45) is 0 Å². The van der Waals surface area contributed by atoms with Crippen LogP contribution in [-0.4, -0.2) is 28.6 Å². The molecule has 2 N–H and O–H groups in total. The zero-order valence-corrected chi connectivity index (χ0v) is 9.96. The molecule has 5 nitrogen and oxygen atoms in total. The first-order valence-electron chi connectivity index (χ1n) is 5.62. The third-order valence-corrected chi connectivity index (χ3v) is 2.42. The number of nitrogens with one attached hydrogen (secondary N) is 1. The Morgan fingerprint density at radius 2 is 2.17 bits per heavy atom. The molecule has 1 aromatic heterocycles. The number of aliphatic hydroxyl groups is 1. The number of nitrogens with zero attached hydrogens (tertiary/aromatic N) is 1. The second kappa shape index (κ2) is 5.46. The van der Waals surface area contributed by atoms with Gasteiger partial charge in [-0.3, -0.25) is 4.79 Å². The van der Waals surface area contributed by atoms with Gasteiger partial charge >= 0.3 is 0 Å². The standard InChI is InChI=1S/C13H14N2O3/c1-9(16)6-15-13(17)11-4-2-10(3-5-11)12-7-14-8-18-12/h2-5,7-9,16H,6H2,1H3,(H,15,17)/t9-/m0/s1. The van der Waals surface area contributed by atoms with Gasteiger partial charge in [0.25, 0.3) is 5.91 Å². The van der Waals surface area contributed by atoms with Crippen molar-refractivity contribution in [3.8, 4) is 11.3 Å². The zero-order chi connectivity index (χ0) is 13.0. The average Bonchev–Trinajstić information content (AvgIpc) is 2.90. The van der Waals surface area contributed by atoms with E-state index in [-0.39, 0.29) is 12.5 Å². The molecule has 0 radical (unpaired) electrons. The summed E-state index contributed by atoms with van der Waals surface area (Å²) in [6, 6.07) is 6.99. The molecule has 0 unspecified atom stereocenters. The Morgan fingerprint density at radius 3 is 2.72 bits per heavy atom. The fourth-order valence-corrected chi connectivity index (χ4v) is 1.49. The van der Waals surface area contributed by atoms with Gasteiger partial charge in [-0.2, -0.15) is 0 Å². The maximum Gasteiger partial charge on any atom is 0.251 e. The van der Waals surface area contributed by atoms with Crippen molar-refractivity contribution in [3.63, 3.8) is 0 Å².